The molecule has 0 aliphatic carbocycles. The van der Waals surface area contributed by atoms with Crippen LogP contribution >= 0.6 is 15.9 Å². The van der Waals surface area contributed by atoms with Crippen LogP contribution in [0.2, 0.25) is 0 Å². The van der Waals surface area contributed by atoms with Gasteiger partial charge in [0.2, 0.25) is 11.8 Å². The van der Waals surface area contributed by atoms with E-state index in [-0.39, 0.29) is 29.9 Å². The molecule has 3 unspecified atom stereocenters. The van der Waals surface area contributed by atoms with E-state index in [9.17, 15) is 19.5 Å². The molecule has 3 fully saturated rings. The molecule has 6 atom stereocenters. The molecule has 1 N–H and O–H groups in total. The smallest absolute Gasteiger partial charge is 0.312 e. The number of carbonyl (C=O) groups excluding carboxylic acids is 3. The molecule has 8 nitrogen and oxygen atoms in total. The van der Waals surface area contributed by atoms with E-state index in [0.717, 1.165) is 18.4 Å². The van der Waals surface area contributed by atoms with Crippen molar-refractivity contribution in [1.82, 2.24) is 9.80 Å². The number of amides is 2. The van der Waals surface area contributed by atoms with E-state index in [1.807, 2.05) is 36.4 Å². The molecule has 3 saturated heterocycles. The maximum atomic E-state index is 14.3. The fourth-order valence-corrected chi connectivity index (χ4v) is 7.28. The number of hydrogen-bond donors (Lipinski definition) is 1. The highest BCUT2D eigenvalue weighted by molar-refractivity contribution is 9.09. The van der Waals surface area contributed by atoms with Crippen molar-refractivity contribution in [3.8, 4) is 0 Å². The first-order valence-electron chi connectivity index (χ1n) is 13.8. The first-order valence-corrected chi connectivity index (χ1v) is 14.8. The lowest BCUT2D eigenvalue weighted by atomic mass is 9.70. The van der Waals surface area contributed by atoms with Crippen molar-refractivity contribution in [2.75, 3.05) is 26.3 Å². The Bertz CT molecular complexity index is 1050. The third-order valence-corrected chi connectivity index (χ3v) is 8.87. The Kier molecular flexibility index (Phi) is 10.0. The van der Waals surface area contributed by atoms with Crippen LogP contribution in [0, 0.1) is 11.8 Å². The Labute approximate surface area is 239 Å². The highest BCUT2D eigenvalue weighted by Gasteiger charge is 2.77. The molecule has 3 aliphatic rings. The number of carbonyl (C=O) groups is 3. The standard InChI is InChI=1S/C30H39BrN2O6/c1-3-5-6-12-18-38-29(37)23-24-27(35)33(16-10-11-17-34)26(30(24)19-22(31)25(23)39-30)28(36)32(15-4-2)20-21-13-8-7-9-14-21/h3-4,7-9,13-14,22-26,34H,1-2,5-6,10-12,15-20H2/t22?,23-,24+,25-,26?,30?/m1/s1. The van der Waals surface area contributed by atoms with Crippen LogP contribution in [0.3, 0.4) is 0 Å². The van der Waals surface area contributed by atoms with Gasteiger partial charge in [0.25, 0.3) is 0 Å². The summed E-state index contributed by atoms with van der Waals surface area (Å²) < 4.78 is 12.2. The Morgan fingerprint density at radius 1 is 1.18 bits per heavy atom. The summed E-state index contributed by atoms with van der Waals surface area (Å²) in [6.07, 6.45) is 6.86. The summed E-state index contributed by atoms with van der Waals surface area (Å²) in [7, 11) is 0. The summed E-state index contributed by atoms with van der Waals surface area (Å²) in [5.74, 6) is -2.49. The summed E-state index contributed by atoms with van der Waals surface area (Å²) >= 11 is 3.69. The number of aliphatic hydroxyl groups is 1. The molecule has 1 aromatic rings. The van der Waals surface area contributed by atoms with Crippen LogP contribution in [-0.4, -0.2) is 81.6 Å². The molecule has 2 bridgehead atoms. The summed E-state index contributed by atoms with van der Waals surface area (Å²) in [6.45, 7) is 8.79. The van der Waals surface area contributed by atoms with Gasteiger partial charge < -0.3 is 24.4 Å². The van der Waals surface area contributed by atoms with Crippen molar-refractivity contribution >= 4 is 33.7 Å². The normalized spacial score (nSPS) is 28.8. The van der Waals surface area contributed by atoms with Gasteiger partial charge in [-0.05, 0) is 44.1 Å². The number of esters is 1. The summed E-state index contributed by atoms with van der Waals surface area (Å²) in [4.78, 5) is 44.8. The van der Waals surface area contributed by atoms with E-state index in [4.69, 9.17) is 9.47 Å². The summed E-state index contributed by atoms with van der Waals surface area (Å²) in [5, 5.41) is 9.37. The van der Waals surface area contributed by atoms with Gasteiger partial charge in [-0.15, -0.1) is 13.2 Å². The second kappa shape index (κ2) is 13.2. The van der Waals surface area contributed by atoms with Crippen molar-refractivity contribution in [2.24, 2.45) is 11.8 Å². The van der Waals surface area contributed by atoms with E-state index >= 15 is 0 Å². The van der Waals surface area contributed by atoms with Gasteiger partial charge in [0.1, 0.15) is 11.6 Å². The maximum Gasteiger partial charge on any atom is 0.312 e. The molecule has 9 heteroatoms. The monoisotopic (exact) mass is 602 g/mol. The second-order valence-corrected chi connectivity index (χ2v) is 11.7. The number of alkyl halides is 1. The number of hydrogen-bond acceptors (Lipinski definition) is 6. The van der Waals surface area contributed by atoms with Crippen LogP contribution in [0.25, 0.3) is 0 Å². The maximum absolute atomic E-state index is 14.3. The highest BCUT2D eigenvalue weighted by Crippen LogP contribution is 2.60. The number of likely N-dealkylation sites (tertiary alicyclic amines) is 1. The molecule has 1 spiro atoms. The van der Waals surface area contributed by atoms with Crippen molar-refractivity contribution in [1.29, 1.82) is 0 Å². The van der Waals surface area contributed by atoms with Gasteiger partial charge in [-0.3, -0.25) is 14.4 Å². The van der Waals surface area contributed by atoms with Crippen LogP contribution < -0.4 is 0 Å². The van der Waals surface area contributed by atoms with E-state index < -0.39 is 35.6 Å². The zero-order chi connectivity index (χ0) is 28.0. The lowest BCUT2D eigenvalue weighted by Crippen LogP contribution is -2.56. The van der Waals surface area contributed by atoms with Crippen molar-refractivity contribution in [2.45, 2.75) is 67.6 Å². The third-order valence-electron chi connectivity index (χ3n) is 8.03. The molecule has 0 saturated carbocycles. The van der Waals surface area contributed by atoms with E-state index in [2.05, 4.69) is 29.1 Å². The van der Waals surface area contributed by atoms with Gasteiger partial charge in [-0.2, -0.15) is 0 Å². The quantitative estimate of drug-likeness (QED) is 0.143. The van der Waals surface area contributed by atoms with Crippen LogP contribution in [0.15, 0.2) is 55.6 Å². The number of ether oxygens (including phenoxy) is 2. The Morgan fingerprint density at radius 2 is 1.95 bits per heavy atom. The number of rotatable bonds is 15. The van der Waals surface area contributed by atoms with Gasteiger partial charge in [0, 0.05) is 31.1 Å². The van der Waals surface area contributed by atoms with E-state index in [0.29, 0.717) is 45.3 Å². The van der Waals surface area contributed by atoms with Crippen LogP contribution in [0.1, 0.15) is 44.1 Å². The highest BCUT2D eigenvalue weighted by atomic mass is 79.9. The van der Waals surface area contributed by atoms with Crippen molar-refractivity contribution in [3.63, 3.8) is 0 Å². The fourth-order valence-electron chi connectivity index (χ4n) is 6.34. The minimum atomic E-state index is -1.13. The van der Waals surface area contributed by atoms with Crippen molar-refractivity contribution in [3.05, 3.63) is 61.2 Å². The molecule has 3 aliphatic heterocycles. The van der Waals surface area contributed by atoms with Gasteiger partial charge in [-0.1, -0.05) is 58.4 Å². The molecule has 4 rings (SSSR count). The number of benzene rings is 1. The molecular formula is C30H39BrN2O6. The molecule has 212 valence electrons. The van der Waals surface area contributed by atoms with Crippen LogP contribution in [-0.2, 0) is 30.4 Å². The van der Waals surface area contributed by atoms with Crippen LogP contribution in [0.4, 0.5) is 0 Å². The fraction of sp³-hybridized carbons (Fsp3) is 0.567. The minimum Gasteiger partial charge on any atom is -0.465 e. The molecule has 3 heterocycles. The van der Waals surface area contributed by atoms with Gasteiger partial charge >= 0.3 is 5.97 Å². The molecular weight excluding hydrogens is 564 g/mol. The first-order chi connectivity index (χ1) is 18.9. The topological polar surface area (TPSA) is 96.4 Å². The number of halogens is 1. The average Bonchev–Trinajstić information content (AvgIpc) is 3.52. The minimum absolute atomic E-state index is 0.00529. The van der Waals surface area contributed by atoms with Gasteiger partial charge in [-0.25, -0.2) is 0 Å². The molecule has 2 amide bonds. The molecule has 0 aromatic heterocycles. The third kappa shape index (κ3) is 5.86. The Morgan fingerprint density at radius 3 is 2.64 bits per heavy atom. The average molecular weight is 604 g/mol. The first kappa shape index (κ1) is 29.5. The SMILES string of the molecule is C=CCCCCOC(=O)[C@H]1[C@@H]2OC3(CC2Br)C(C(=O)N(CC=C)Cc2ccccc2)N(CCCCO)C(=O)[C@H]13. The predicted octanol–water partition coefficient (Wildman–Crippen LogP) is 3.62. The molecule has 0 radical (unpaired) electrons. The molecule has 1 aromatic carbocycles. The number of fused-ring (bicyclic) bond motifs is 1. The number of unbranched alkanes of at least 4 members (excludes halogenated alkanes) is 3. The molecule has 39 heavy (non-hydrogen) atoms. The summed E-state index contributed by atoms with van der Waals surface area (Å²) in [5.41, 5.74) is -0.166. The predicted molar refractivity (Wildman–Crippen MR) is 151 cm³/mol. The van der Waals surface area contributed by atoms with Gasteiger partial charge in [0.15, 0.2) is 0 Å². The zero-order valence-corrected chi connectivity index (χ0v) is 24.0. The van der Waals surface area contributed by atoms with Crippen molar-refractivity contribution < 1.29 is 29.0 Å². The Hall–Kier alpha value is -2.49. The lowest BCUT2D eigenvalue weighted by molar-refractivity contribution is -0.155. The summed E-state index contributed by atoms with van der Waals surface area (Å²) in [6, 6.07) is 8.79. The van der Waals surface area contributed by atoms with E-state index in [1.165, 1.54) is 0 Å². The van der Waals surface area contributed by atoms with Gasteiger partial charge in [0.05, 0.1) is 24.5 Å². The largest absolute Gasteiger partial charge is 0.465 e. The number of aliphatic hydroxyl groups excluding tert-OH is 1. The number of allylic oxidation sites excluding steroid dienone is 1. The zero-order valence-electron chi connectivity index (χ0n) is 22.4. The number of nitrogens with zero attached hydrogens (tertiary/aromatic N) is 2. The Balaban J connectivity index is 1.63. The lowest BCUT2D eigenvalue weighted by Gasteiger charge is -2.37. The second-order valence-electron chi connectivity index (χ2n) is 10.6. The van der Waals surface area contributed by atoms with Crippen LogP contribution in [0.5, 0.6) is 0 Å². The van der Waals surface area contributed by atoms with E-state index in [1.54, 1.807) is 15.9 Å².